The van der Waals surface area contributed by atoms with Gasteiger partial charge in [0.2, 0.25) is 0 Å². The standard InChI is InChI=1S/C12H16N2O3/c15-11-8-4-5-9-14(11)13-12(16)17-10-6-2-1-3-7-10/h4-5,8-10H,1-3,6-7H2,(H,13,16). The third-order valence-corrected chi connectivity index (χ3v) is 2.86. The van der Waals surface area contributed by atoms with Gasteiger partial charge in [-0.25, -0.2) is 14.9 Å². The second-order valence-corrected chi connectivity index (χ2v) is 4.19. The minimum atomic E-state index is -0.565. The van der Waals surface area contributed by atoms with E-state index >= 15 is 0 Å². The molecule has 0 radical (unpaired) electrons. The van der Waals surface area contributed by atoms with Crippen molar-refractivity contribution in [2.75, 3.05) is 5.43 Å². The molecule has 1 N–H and O–H groups in total. The maximum atomic E-state index is 11.5. The van der Waals surface area contributed by atoms with Crippen molar-refractivity contribution in [3.05, 3.63) is 34.7 Å². The highest BCUT2D eigenvalue weighted by Crippen LogP contribution is 2.20. The average molecular weight is 236 g/mol. The molecule has 17 heavy (non-hydrogen) atoms. The number of rotatable bonds is 2. The molecule has 0 aliphatic heterocycles. The van der Waals surface area contributed by atoms with E-state index in [9.17, 15) is 9.59 Å². The first-order valence-corrected chi connectivity index (χ1v) is 5.91. The van der Waals surface area contributed by atoms with E-state index in [0.29, 0.717) is 0 Å². The third kappa shape index (κ3) is 3.34. The van der Waals surface area contributed by atoms with Gasteiger partial charge >= 0.3 is 6.09 Å². The number of ether oxygens (including phenoxy) is 1. The van der Waals surface area contributed by atoms with Crippen LogP contribution in [0.4, 0.5) is 4.79 Å². The smallest absolute Gasteiger partial charge is 0.426 e. The molecule has 0 saturated heterocycles. The van der Waals surface area contributed by atoms with Crippen LogP contribution in [0.15, 0.2) is 29.2 Å². The summed E-state index contributed by atoms with van der Waals surface area (Å²) in [5.74, 6) is 0. The predicted molar refractivity (Wildman–Crippen MR) is 63.4 cm³/mol. The zero-order valence-electron chi connectivity index (χ0n) is 9.59. The Hall–Kier alpha value is -1.78. The Labute approximate surface area is 99.4 Å². The minimum absolute atomic E-state index is 0.0110. The molecular formula is C12H16N2O3. The van der Waals surface area contributed by atoms with Gasteiger partial charge in [-0.05, 0) is 31.7 Å². The van der Waals surface area contributed by atoms with Crippen molar-refractivity contribution in [2.45, 2.75) is 38.2 Å². The molecule has 92 valence electrons. The summed E-state index contributed by atoms with van der Waals surface area (Å²) < 4.78 is 6.36. The maximum absolute atomic E-state index is 11.5. The minimum Gasteiger partial charge on any atom is -0.445 e. The lowest BCUT2D eigenvalue weighted by Crippen LogP contribution is -2.34. The Kier molecular flexibility index (Phi) is 3.80. The Balaban J connectivity index is 1.89. The zero-order chi connectivity index (χ0) is 12.1. The van der Waals surface area contributed by atoms with Gasteiger partial charge in [0.05, 0.1) is 0 Å². The van der Waals surface area contributed by atoms with Crippen LogP contribution < -0.4 is 11.0 Å². The number of pyridine rings is 1. The van der Waals surface area contributed by atoms with Gasteiger partial charge in [-0.3, -0.25) is 4.79 Å². The molecule has 1 amide bonds. The fourth-order valence-electron chi connectivity index (χ4n) is 1.98. The molecule has 1 aromatic heterocycles. The average Bonchev–Trinajstić information content (AvgIpc) is 2.33. The lowest BCUT2D eigenvalue weighted by molar-refractivity contribution is 0.0840. The van der Waals surface area contributed by atoms with Crippen LogP contribution >= 0.6 is 0 Å². The van der Waals surface area contributed by atoms with E-state index in [1.54, 1.807) is 12.1 Å². The first-order chi connectivity index (χ1) is 8.25. The van der Waals surface area contributed by atoms with Crippen LogP contribution in [0.1, 0.15) is 32.1 Å². The molecule has 0 unspecified atom stereocenters. The fraction of sp³-hybridized carbons (Fsp3) is 0.500. The zero-order valence-corrected chi connectivity index (χ0v) is 9.59. The van der Waals surface area contributed by atoms with E-state index in [0.717, 1.165) is 30.4 Å². The van der Waals surface area contributed by atoms with Crippen LogP contribution in [-0.2, 0) is 4.74 Å². The molecule has 5 nitrogen and oxygen atoms in total. The van der Waals surface area contributed by atoms with Gasteiger partial charge in [-0.1, -0.05) is 12.5 Å². The Morgan fingerprint density at radius 1 is 1.29 bits per heavy atom. The second-order valence-electron chi connectivity index (χ2n) is 4.19. The number of nitrogens with one attached hydrogen (secondary N) is 1. The summed E-state index contributed by atoms with van der Waals surface area (Å²) >= 11 is 0. The Morgan fingerprint density at radius 2 is 2.06 bits per heavy atom. The third-order valence-electron chi connectivity index (χ3n) is 2.86. The van der Waals surface area contributed by atoms with E-state index in [-0.39, 0.29) is 11.7 Å². The van der Waals surface area contributed by atoms with Crippen molar-refractivity contribution in [2.24, 2.45) is 0 Å². The van der Waals surface area contributed by atoms with E-state index in [1.165, 1.54) is 18.7 Å². The normalized spacial score (nSPS) is 16.5. The fourth-order valence-corrected chi connectivity index (χ4v) is 1.98. The van der Waals surface area contributed by atoms with Crippen LogP contribution in [0.2, 0.25) is 0 Å². The molecule has 1 saturated carbocycles. The lowest BCUT2D eigenvalue weighted by Gasteiger charge is -2.21. The number of hydrogen-bond donors (Lipinski definition) is 1. The van der Waals surface area contributed by atoms with E-state index in [2.05, 4.69) is 5.43 Å². The molecule has 1 aliphatic rings. The molecule has 0 atom stereocenters. The number of nitrogens with zero attached hydrogens (tertiary/aromatic N) is 1. The van der Waals surface area contributed by atoms with Crippen LogP contribution in [-0.4, -0.2) is 16.9 Å². The quantitative estimate of drug-likeness (QED) is 0.852. The highest BCUT2D eigenvalue weighted by Gasteiger charge is 2.17. The van der Waals surface area contributed by atoms with Gasteiger partial charge < -0.3 is 4.74 Å². The first kappa shape index (κ1) is 11.7. The van der Waals surface area contributed by atoms with Gasteiger partial charge in [0, 0.05) is 12.3 Å². The number of amides is 1. The summed E-state index contributed by atoms with van der Waals surface area (Å²) in [5, 5.41) is 0. The molecule has 5 heteroatoms. The monoisotopic (exact) mass is 236 g/mol. The summed E-state index contributed by atoms with van der Waals surface area (Å²) in [6, 6.07) is 4.66. The Morgan fingerprint density at radius 3 is 2.76 bits per heavy atom. The van der Waals surface area contributed by atoms with Crippen molar-refractivity contribution in [1.82, 2.24) is 4.68 Å². The number of aromatic nitrogens is 1. The van der Waals surface area contributed by atoms with Gasteiger partial charge in [0.1, 0.15) is 6.10 Å². The topological polar surface area (TPSA) is 60.3 Å². The number of carbonyl (C=O) groups excluding carboxylic acids is 1. The first-order valence-electron chi connectivity index (χ1n) is 5.91. The van der Waals surface area contributed by atoms with Crippen LogP contribution in [0.25, 0.3) is 0 Å². The summed E-state index contributed by atoms with van der Waals surface area (Å²) in [5.41, 5.74) is 2.12. The molecule has 1 aliphatic carbocycles. The Bertz CT molecular complexity index is 435. The molecule has 2 rings (SSSR count). The van der Waals surface area contributed by atoms with Crippen LogP contribution in [0.3, 0.4) is 0 Å². The highest BCUT2D eigenvalue weighted by molar-refractivity contribution is 5.75. The van der Waals surface area contributed by atoms with Gasteiger partial charge in [0.15, 0.2) is 0 Å². The lowest BCUT2D eigenvalue weighted by atomic mass is 9.98. The molecule has 1 heterocycles. The van der Waals surface area contributed by atoms with Crippen molar-refractivity contribution < 1.29 is 9.53 Å². The number of hydrogen-bond acceptors (Lipinski definition) is 3. The summed E-state index contributed by atoms with van der Waals surface area (Å²) in [7, 11) is 0. The highest BCUT2D eigenvalue weighted by atomic mass is 16.6. The van der Waals surface area contributed by atoms with Crippen molar-refractivity contribution in [1.29, 1.82) is 0 Å². The van der Waals surface area contributed by atoms with Crippen LogP contribution in [0, 0.1) is 0 Å². The van der Waals surface area contributed by atoms with Gasteiger partial charge in [-0.15, -0.1) is 0 Å². The molecule has 0 spiro atoms. The van der Waals surface area contributed by atoms with Crippen molar-refractivity contribution >= 4 is 6.09 Å². The largest absolute Gasteiger partial charge is 0.445 e. The van der Waals surface area contributed by atoms with Crippen molar-refractivity contribution in [3.8, 4) is 0 Å². The molecule has 1 aromatic rings. The summed E-state index contributed by atoms with van der Waals surface area (Å²) in [4.78, 5) is 22.9. The summed E-state index contributed by atoms with van der Waals surface area (Å²) in [6.07, 6.45) is 6.15. The predicted octanol–water partition coefficient (Wildman–Crippen LogP) is 1.86. The van der Waals surface area contributed by atoms with Crippen LogP contribution in [0.5, 0.6) is 0 Å². The van der Waals surface area contributed by atoms with E-state index in [1.807, 2.05) is 0 Å². The second kappa shape index (κ2) is 5.52. The number of carbonyl (C=O) groups is 1. The SMILES string of the molecule is O=C(Nn1ccccc1=O)OC1CCCCC1. The maximum Gasteiger partial charge on any atom is 0.426 e. The molecule has 1 fully saturated rings. The van der Waals surface area contributed by atoms with E-state index < -0.39 is 6.09 Å². The molecule has 0 aromatic carbocycles. The molecule has 0 bridgehead atoms. The summed E-state index contributed by atoms with van der Waals surface area (Å²) in [6.45, 7) is 0. The van der Waals surface area contributed by atoms with Gasteiger partial charge in [0.25, 0.3) is 5.56 Å². The van der Waals surface area contributed by atoms with E-state index in [4.69, 9.17) is 4.74 Å². The van der Waals surface area contributed by atoms with Gasteiger partial charge in [-0.2, -0.15) is 0 Å². The molecular weight excluding hydrogens is 220 g/mol. The van der Waals surface area contributed by atoms with Crippen molar-refractivity contribution in [3.63, 3.8) is 0 Å².